The van der Waals surface area contributed by atoms with Crippen molar-refractivity contribution in [2.24, 2.45) is 0 Å². The van der Waals surface area contributed by atoms with Gasteiger partial charge in [-0.25, -0.2) is 9.59 Å². The number of halogens is 2. The zero-order valence-corrected chi connectivity index (χ0v) is 13.2. The third kappa shape index (κ3) is 10.1. The topological polar surface area (TPSA) is 116 Å². The highest BCUT2D eigenvalue weighted by molar-refractivity contribution is 9.10. The number of carboxylic acid groups (broad SMARTS) is 2. The molecule has 9 heteroatoms. The Balaban J connectivity index is 0.000000567. The van der Waals surface area contributed by atoms with Gasteiger partial charge in [0, 0.05) is 17.6 Å². The van der Waals surface area contributed by atoms with Crippen LogP contribution in [0.2, 0.25) is 5.02 Å². The summed E-state index contributed by atoms with van der Waals surface area (Å²) in [6.07, 6.45) is 0. The van der Waals surface area contributed by atoms with Crippen molar-refractivity contribution < 1.29 is 29.6 Å². The minimum absolute atomic E-state index is 0.138. The van der Waals surface area contributed by atoms with Crippen LogP contribution in [0.25, 0.3) is 0 Å². The Morgan fingerprint density at radius 3 is 2.33 bits per heavy atom. The number of benzene rings is 1. The Hall–Kier alpha value is -1.35. The molecule has 0 aliphatic carbocycles. The van der Waals surface area contributed by atoms with Gasteiger partial charge in [0.2, 0.25) is 0 Å². The number of hydrogen-bond donors (Lipinski definition) is 4. The molecule has 0 saturated carbocycles. The highest BCUT2D eigenvalue weighted by atomic mass is 79.9. The summed E-state index contributed by atoms with van der Waals surface area (Å²) >= 11 is 9.27. The first-order valence-corrected chi connectivity index (χ1v) is 6.91. The first-order chi connectivity index (χ1) is 9.88. The lowest BCUT2D eigenvalue weighted by atomic mass is 10.3. The standard InChI is InChI=1S/C10H13BrClNO2.C2H2O4/c11-8-1-2-10(9(12)7-8)15-6-4-13-3-5-14;3-1(4)2(5)6/h1-2,7,13-14H,3-6H2;(H,3,4)(H,5,6). The fourth-order valence-corrected chi connectivity index (χ4v) is 1.76. The summed E-state index contributed by atoms with van der Waals surface area (Å²) in [5.41, 5.74) is 0. The molecule has 1 aromatic rings. The molecule has 0 spiro atoms. The highest BCUT2D eigenvalue weighted by Gasteiger charge is 2.04. The molecular formula is C12H15BrClNO6. The van der Waals surface area contributed by atoms with Crippen molar-refractivity contribution in [1.29, 1.82) is 0 Å². The molecule has 7 nitrogen and oxygen atoms in total. The Morgan fingerprint density at radius 2 is 1.86 bits per heavy atom. The van der Waals surface area contributed by atoms with Gasteiger partial charge in [0.25, 0.3) is 0 Å². The van der Waals surface area contributed by atoms with Crippen molar-refractivity contribution in [2.75, 3.05) is 26.3 Å². The molecule has 0 amide bonds. The van der Waals surface area contributed by atoms with Gasteiger partial charge in [-0.05, 0) is 18.2 Å². The number of carbonyl (C=O) groups is 2. The number of aliphatic carboxylic acids is 2. The molecule has 0 saturated heterocycles. The Kier molecular flexibility index (Phi) is 10.6. The van der Waals surface area contributed by atoms with Gasteiger partial charge < -0.3 is 25.4 Å². The van der Waals surface area contributed by atoms with Crippen LogP contribution in [0.1, 0.15) is 0 Å². The summed E-state index contributed by atoms with van der Waals surface area (Å²) in [7, 11) is 0. The number of hydrogen-bond acceptors (Lipinski definition) is 5. The molecule has 4 N–H and O–H groups in total. The maximum Gasteiger partial charge on any atom is 0.414 e. The van der Waals surface area contributed by atoms with E-state index >= 15 is 0 Å². The van der Waals surface area contributed by atoms with Crippen molar-refractivity contribution >= 4 is 39.5 Å². The number of ether oxygens (including phenoxy) is 1. The predicted octanol–water partition coefficient (Wildman–Crippen LogP) is 1.22. The molecule has 0 aliphatic rings. The van der Waals surface area contributed by atoms with Gasteiger partial charge in [-0.2, -0.15) is 0 Å². The van der Waals surface area contributed by atoms with Crippen molar-refractivity contribution in [3.8, 4) is 5.75 Å². The number of nitrogens with one attached hydrogen (secondary N) is 1. The summed E-state index contributed by atoms with van der Waals surface area (Å²) in [5.74, 6) is -2.98. The monoisotopic (exact) mass is 383 g/mol. The minimum Gasteiger partial charge on any atom is -0.491 e. The van der Waals surface area contributed by atoms with Gasteiger partial charge in [0.1, 0.15) is 12.4 Å². The average Bonchev–Trinajstić information content (AvgIpc) is 2.41. The van der Waals surface area contributed by atoms with Crippen molar-refractivity contribution in [1.82, 2.24) is 5.32 Å². The molecular weight excluding hydrogens is 369 g/mol. The third-order valence-corrected chi connectivity index (χ3v) is 2.69. The summed E-state index contributed by atoms with van der Waals surface area (Å²) in [4.78, 5) is 18.2. The molecule has 0 aliphatic heterocycles. The van der Waals surface area contributed by atoms with Crippen LogP contribution >= 0.6 is 27.5 Å². The number of aliphatic hydroxyl groups is 1. The van der Waals surface area contributed by atoms with Crippen molar-refractivity contribution in [3.63, 3.8) is 0 Å². The Labute approximate surface area is 134 Å². The molecule has 0 bridgehead atoms. The summed E-state index contributed by atoms with van der Waals surface area (Å²) in [6, 6.07) is 5.48. The first kappa shape index (κ1) is 19.7. The van der Waals surface area contributed by atoms with E-state index in [1.807, 2.05) is 12.1 Å². The maximum absolute atomic E-state index is 9.10. The molecule has 0 radical (unpaired) electrons. The second-order valence-electron chi connectivity index (χ2n) is 3.51. The van der Waals surface area contributed by atoms with Crippen molar-refractivity contribution in [3.05, 3.63) is 27.7 Å². The van der Waals surface area contributed by atoms with Crippen LogP contribution in [0, 0.1) is 0 Å². The Bertz CT molecular complexity index is 459. The Morgan fingerprint density at radius 1 is 1.24 bits per heavy atom. The SMILES string of the molecule is O=C(O)C(=O)O.OCCNCCOc1ccc(Br)cc1Cl. The molecule has 0 atom stereocenters. The van der Waals surface area contributed by atoms with Gasteiger partial charge in [-0.15, -0.1) is 0 Å². The van der Waals surface area contributed by atoms with Crippen LogP contribution in [0.5, 0.6) is 5.75 Å². The van der Waals surface area contributed by atoms with E-state index in [2.05, 4.69) is 21.2 Å². The molecule has 21 heavy (non-hydrogen) atoms. The van der Waals surface area contributed by atoms with Gasteiger partial charge in [-0.1, -0.05) is 27.5 Å². The van der Waals surface area contributed by atoms with Gasteiger partial charge >= 0.3 is 11.9 Å². The lowest BCUT2D eigenvalue weighted by molar-refractivity contribution is -0.159. The van der Waals surface area contributed by atoms with E-state index in [4.69, 9.17) is 41.2 Å². The summed E-state index contributed by atoms with van der Waals surface area (Å²) in [5, 5.41) is 26.9. The van der Waals surface area contributed by atoms with Gasteiger partial charge in [0.05, 0.1) is 11.6 Å². The van der Waals surface area contributed by atoms with Crippen LogP contribution in [-0.2, 0) is 9.59 Å². The quantitative estimate of drug-likeness (QED) is 0.430. The van der Waals surface area contributed by atoms with Crippen LogP contribution in [0.3, 0.4) is 0 Å². The van der Waals surface area contributed by atoms with Crippen LogP contribution in [0.15, 0.2) is 22.7 Å². The lowest BCUT2D eigenvalue weighted by Crippen LogP contribution is -2.23. The molecule has 118 valence electrons. The van der Waals surface area contributed by atoms with Crippen LogP contribution in [0.4, 0.5) is 0 Å². The van der Waals surface area contributed by atoms with Crippen molar-refractivity contribution in [2.45, 2.75) is 0 Å². The zero-order chi connectivity index (χ0) is 16.3. The zero-order valence-electron chi connectivity index (χ0n) is 10.9. The van der Waals surface area contributed by atoms with E-state index in [1.165, 1.54) is 0 Å². The molecule has 1 aromatic carbocycles. The fourth-order valence-electron chi connectivity index (χ4n) is 1.03. The average molecular weight is 385 g/mol. The second kappa shape index (κ2) is 11.3. The lowest BCUT2D eigenvalue weighted by Gasteiger charge is -2.08. The highest BCUT2D eigenvalue weighted by Crippen LogP contribution is 2.27. The maximum atomic E-state index is 9.10. The summed E-state index contributed by atoms with van der Waals surface area (Å²) in [6.45, 7) is 1.94. The first-order valence-electron chi connectivity index (χ1n) is 5.74. The molecule has 0 heterocycles. The number of rotatable bonds is 6. The van der Waals surface area contributed by atoms with E-state index in [9.17, 15) is 0 Å². The van der Waals surface area contributed by atoms with E-state index < -0.39 is 11.9 Å². The molecule has 0 fully saturated rings. The number of carboxylic acids is 2. The van der Waals surface area contributed by atoms with Gasteiger partial charge in [0.15, 0.2) is 0 Å². The normalized spacial score (nSPS) is 9.48. The van der Waals surface area contributed by atoms with Crippen LogP contribution < -0.4 is 10.1 Å². The molecule has 0 unspecified atom stereocenters. The third-order valence-electron chi connectivity index (χ3n) is 1.90. The van der Waals surface area contributed by atoms with E-state index in [0.717, 1.165) is 4.47 Å². The van der Waals surface area contributed by atoms with Gasteiger partial charge in [-0.3, -0.25) is 0 Å². The van der Waals surface area contributed by atoms with E-state index in [1.54, 1.807) is 6.07 Å². The minimum atomic E-state index is -1.82. The predicted molar refractivity (Wildman–Crippen MR) is 79.9 cm³/mol. The van der Waals surface area contributed by atoms with E-state index in [-0.39, 0.29) is 6.61 Å². The largest absolute Gasteiger partial charge is 0.491 e. The fraction of sp³-hybridized carbons (Fsp3) is 0.333. The van der Waals surface area contributed by atoms with E-state index in [0.29, 0.717) is 30.5 Å². The van der Waals surface area contributed by atoms with Crippen LogP contribution in [-0.4, -0.2) is 53.6 Å². The summed E-state index contributed by atoms with van der Waals surface area (Å²) < 4.78 is 6.37. The second-order valence-corrected chi connectivity index (χ2v) is 4.83. The molecule has 0 aromatic heterocycles. The molecule has 1 rings (SSSR count). The number of aliphatic hydroxyl groups excluding tert-OH is 1. The smallest absolute Gasteiger partial charge is 0.414 e.